The molecule has 2 aliphatic heterocycles. The molecule has 0 saturated carbocycles. The normalized spacial score (nSPS) is 23.5. The lowest BCUT2D eigenvalue weighted by atomic mass is 10.1. The Balaban J connectivity index is 2.09. The van der Waals surface area contributed by atoms with Gasteiger partial charge in [-0.2, -0.15) is 22.5 Å². The van der Waals surface area contributed by atoms with Crippen LogP contribution in [-0.2, 0) is 16.0 Å². The Hall–Kier alpha value is -1.88. The highest BCUT2D eigenvalue weighted by atomic mass is 19.4. The zero-order valence-electron chi connectivity index (χ0n) is 15.1. The van der Waals surface area contributed by atoms with E-state index in [1.807, 2.05) is 0 Å². The van der Waals surface area contributed by atoms with Crippen molar-refractivity contribution < 1.29 is 27.0 Å². The van der Waals surface area contributed by atoms with Crippen molar-refractivity contribution in [1.29, 1.82) is 0 Å². The van der Waals surface area contributed by atoms with Crippen molar-refractivity contribution in [3.63, 3.8) is 0 Å². The summed E-state index contributed by atoms with van der Waals surface area (Å²) in [4.78, 5) is 19.2. The Bertz CT molecular complexity index is 740. The van der Waals surface area contributed by atoms with Gasteiger partial charge in [-0.05, 0) is 13.3 Å². The van der Waals surface area contributed by atoms with E-state index < -0.39 is 23.6 Å². The van der Waals surface area contributed by atoms with E-state index in [4.69, 9.17) is 9.47 Å². The Morgan fingerprint density at radius 3 is 2.70 bits per heavy atom. The second-order valence-corrected chi connectivity index (χ2v) is 6.66. The third kappa shape index (κ3) is 3.75. The number of aromatic nitrogens is 2. The molecule has 7 nitrogen and oxygen atoms in total. The van der Waals surface area contributed by atoms with Crippen LogP contribution >= 0.6 is 0 Å². The van der Waals surface area contributed by atoms with E-state index >= 15 is 0 Å². The van der Waals surface area contributed by atoms with Crippen LogP contribution in [0.25, 0.3) is 0 Å². The second-order valence-electron chi connectivity index (χ2n) is 6.66. The average molecular weight is 394 g/mol. The molecular weight excluding hydrogens is 372 g/mol. The molecule has 3 rings (SSSR count). The van der Waals surface area contributed by atoms with Gasteiger partial charge in [-0.15, -0.1) is 0 Å². The molecule has 0 aromatic carbocycles. The molecule has 3 heterocycles. The molecule has 1 aromatic rings. The van der Waals surface area contributed by atoms with E-state index in [9.17, 15) is 22.4 Å². The summed E-state index contributed by atoms with van der Waals surface area (Å²) in [6.07, 6.45) is -4.86. The van der Waals surface area contributed by atoms with Crippen LogP contribution in [0.4, 0.5) is 29.3 Å². The average Bonchev–Trinajstić information content (AvgIpc) is 2.62. The Labute approximate surface area is 153 Å². The summed E-state index contributed by atoms with van der Waals surface area (Å²) in [7, 11) is 1.37. The van der Waals surface area contributed by atoms with Crippen molar-refractivity contribution in [3.8, 4) is 0 Å². The summed E-state index contributed by atoms with van der Waals surface area (Å²) in [5.41, 5.74) is -0.961. The molecule has 0 amide bonds. The Morgan fingerprint density at radius 2 is 2.07 bits per heavy atom. The minimum atomic E-state index is -4.50. The molecule has 0 aliphatic carbocycles. The summed E-state index contributed by atoms with van der Waals surface area (Å²) in [5.74, 6) is -1.46. The largest absolute Gasteiger partial charge is 0.408 e. The minimum Gasteiger partial charge on any atom is -0.383 e. The lowest BCUT2D eigenvalue weighted by Gasteiger charge is -2.40. The standard InChI is InChI=1S/C16H22F4N4O3/c1-10-9-27-8-6-22(10)13-12(17)14(25)24-4-3-11(16(18,19)20)23(5-7-26-2)15(24)21-13/h10-11H,3-9H2,1-2H3. The highest BCUT2D eigenvalue weighted by molar-refractivity contribution is 5.48. The second kappa shape index (κ2) is 7.63. The lowest BCUT2D eigenvalue weighted by Crippen LogP contribution is -2.54. The fourth-order valence-electron chi connectivity index (χ4n) is 3.49. The molecule has 2 unspecified atom stereocenters. The summed E-state index contributed by atoms with van der Waals surface area (Å²) >= 11 is 0. The predicted molar refractivity (Wildman–Crippen MR) is 89.8 cm³/mol. The molecule has 1 saturated heterocycles. The quantitative estimate of drug-likeness (QED) is 0.720. The van der Waals surface area contributed by atoms with Gasteiger partial charge in [-0.25, -0.2) is 0 Å². The van der Waals surface area contributed by atoms with Crippen LogP contribution in [0.3, 0.4) is 0 Å². The van der Waals surface area contributed by atoms with Gasteiger partial charge in [0.25, 0.3) is 5.56 Å². The zero-order valence-corrected chi connectivity index (χ0v) is 15.1. The summed E-state index contributed by atoms with van der Waals surface area (Å²) in [5, 5.41) is 0. The van der Waals surface area contributed by atoms with Crippen molar-refractivity contribution in [3.05, 3.63) is 16.2 Å². The molecule has 0 radical (unpaired) electrons. The molecule has 1 fully saturated rings. The highest BCUT2D eigenvalue weighted by Gasteiger charge is 2.47. The highest BCUT2D eigenvalue weighted by Crippen LogP contribution is 2.34. The van der Waals surface area contributed by atoms with Gasteiger partial charge in [0.05, 0.1) is 25.9 Å². The van der Waals surface area contributed by atoms with Crippen molar-refractivity contribution in [2.45, 2.75) is 38.1 Å². The fraction of sp³-hybridized carbons (Fsp3) is 0.750. The van der Waals surface area contributed by atoms with Crippen LogP contribution < -0.4 is 15.4 Å². The smallest absolute Gasteiger partial charge is 0.383 e. The van der Waals surface area contributed by atoms with Crippen LogP contribution in [0.1, 0.15) is 13.3 Å². The number of fused-ring (bicyclic) bond motifs is 1. The number of rotatable bonds is 4. The molecule has 27 heavy (non-hydrogen) atoms. The van der Waals surface area contributed by atoms with Gasteiger partial charge in [-0.3, -0.25) is 9.36 Å². The number of anilines is 2. The first-order chi connectivity index (χ1) is 12.8. The summed E-state index contributed by atoms with van der Waals surface area (Å²) in [6.45, 7) is 2.37. The van der Waals surface area contributed by atoms with Gasteiger partial charge in [0.1, 0.15) is 6.04 Å². The van der Waals surface area contributed by atoms with E-state index in [0.717, 1.165) is 9.47 Å². The van der Waals surface area contributed by atoms with Gasteiger partial charge in [0, 0.05) is 26.7 Å². The van der Waals surface area contributed by atoms with Crippen molar-refractivity contribution in [2.75, 3.05) is 49.8 Å². The van der Waals surface area contributed by atoms with Crippen molar-refractivity contribution in [2.24, 2.45) is 0 Å². The number of alkyl halides is 3. The monoisotopic (exact) mass is 394 g/mol. The molecule has 0 bridgehead atoms. The van der Waals surface area contributed by atoms with Gasteiger partial charge in [0.2, 0.25) is 11.8 Å². The number of hydrogen-bond donors (Lipinski definition) is 0. The van der Waals surface area contributed by atoms with E-state index in [-0.39, 0.29) is 43.9 Å². The third-order valence-electron chi connectivity index (χ3n) is 4.89. The van der Waals surface area contributed by atoms with Gasteiger partial charge >= 0.3 is 6.18 Å². The maximum atomic E-state index is 14.7. The topological polar surface area (TPSA) is 59.8 Å². The first-order valence-corrected chi connectivity index (χ1v) is 8.72. The molecule has 0 N–H and O–H groups in total. The lowest BCUT2D eigenvalue weighted by molar-refractivity contribution is -0.153. The first-order valence-electron chi connectivity index (χ1n) is 8.72. The Kier molecular flexibility index (Phi) is 5.61. The number of nitrogens with zero attached hydrogens (tertiary/aromatic N) is 4. The molecule has 152 valence electrons. The third-order valence-corrected chi connectivity index (χ3v) is 4.89. The minimum absolute atomic E-state index is 0.0170. The Morgan fingerprint density at radius 1 is 1.33 bits per heavy atom. The van der Waals surface area contributed by atoms with E-state index in [2.05, 4.69) is 4.98 Å². The van der Waals surface area contributed by atoms with Gasteiger partial charge in [0.15, 0.2) is 5.82 Å². The molecule has 2 atom stereocenters. The molecular formula is C16H22F4N4O3. The maximum absolute atomic E-state index is 14.7. The number of morpholine rings is 1. The first kappa shape index (κ1) is 19.9. The van der Waals surface area contributed by atoms with Crippen molar-refractivity contribution in [1.82, 2.24) is 9.55 Å². The van der Waals surface area contributed by atoms with E-state index in [0.29, 0.717) is 19.8 Å². The van der Waals surface area contributed by atoms with Crippen molar-refractivity contribution >= 4 is 11.8 Å². The van der Waals surface area contributed by atoms with Gasteiger partial charge in [-0.1, -0.05) is 0 Å². The van der Waals surface area contributed by atoms with E-state index in [1.165, 1.54) is 7.11 Å². The van der Waals surface area contributed by atoms with Crippen LogP contribution in [0, 0.1) is 5.82 Å². The summed E-state index contributed by atoms with van der Waals surface area (Å²) < 4.78 is 66.4. The fourth-order valence-corrected chi connectivity index (χ4v) is 3.49. The van der Waals surface area contributed by atoms with Crippen LogP contribution in [0.15, 0.2) is 4.79 Å². The number of hydrogen-bond acceptors (Lipinski definition) is 6. The maximum Gasteiger partial charge on any atom is 0.408 e. The molecule has 1 aromatic heterocycles. The van der Waals surface area contributed by atoms with Crippen LogP contribution in [0.5, 0.6) is 0 Å². The number of methoxy groups -OCH3 is 1. The number of ether oxygens (including phenoxy) is 2. The molecule has 0 spiro atoms. The summed E-state index contributed by atoms with van der Waals surface area (Å²) in [6, 6.07) is -2.06. The van der Waals surface area contributed by atoms with Gasteiger partial charge < -0.3 is 19.3 Å². The molecule has 2 aliphatic rings. The SMILES string of the molecule is COCCN1c2nc(N3CCOCC3C)c(F)c(=O)n2CCC1C(F)(F)F. The van der Waals surface area contributed by atoms with Crippen LogP contribution in [-0.4, -0.2) is 67.8 Å². The predicted octanol–water partition coefficient (Wildman–Crippen LogP) is 1.39. The van der Waals surface area contributed by atoms with E-state index in [1.54, 1.807) is 11.8 Å². The molecule has 11 heteroatoms. The van der Waals surface area contributed by atoms with Crippen LogP contribution in [0.2, 0.25) is 0 Å². The zero-order chi connectivity index (χ0) is 19.8. The number of halogens is 4.